The molecule has 1 aromatic heterocycles. The van der Waals surface area contributed by atoms with Gasteiger partial charge in [-0.25, -0.2) is 0 Å². The first-order chi connectivity index (χ1) is 15.0. The maximum Gasteiger partial charge on any atom is 0.158 e. The number of aromatic nitrogens is 1. The number of ether oxygens (including phenoxy) is 1. The van der Waals surface area contributed by atoms with E-state index in [1.807, 2.05) is 18.5 Å². The fraction of sp³-hybridized carbons (Fsp3) is 0.429. The first kappa shape index (κ1) is 18.1. The predicted molar refractivity (Wildman–Crippen MR) is 121 cm³/mol. The van der Waals surface area contributed by atoms with Crippen molar-refractivity contribution in [2.75, 3.05) is 0 Å². The van der Waals surface area contributed by atoms with Gasteiger partial charge in [0, 0.05) is 24.2 Å². The van der Waals surface area contributed by atoms with Gasteiger partial charge in [-0.15, -0.1) is 0 Å². The molecule has 7 rings (SSSR count). The molecule has 5 atom stereocenters. The number of carbonyl (C=O) groups is 1. The molecule has 1 aromatic carbocycles. The Hall–Kier alpha value is -2.52. The van der Waals surface area contributed by atoms with Crippen molar-refractivity contribution in [1.82, 2.24) is 4.98 Å². The fourth-order valence-corrected chi connectivity index (χ4v) is 7.78. The second-order valence-electron chi connectivity index (χ2n) is 10.6. The molecular formula is C28H27NO2. The standard InChI is InChI=1S/C28H27NO2/c1-26-10-8-22-15-21-4-5-23(30)16-27(21)11-12-28(22,31-27)25(26)7-6-24(26)19-3-2-18-9-13-29-17-20(18)14-19/h2-5,8-9,13-15,17,24-25H,6-7,10-12,16H2,1H3/t24-,25-,26-,27-,28-/m1/s1. The lowest BCUT2D eigenvalue weighted by atomic mass is 9.58. The number of carbonyl (C=O) groups excluding carboxylic acids is 1. The van der Waals surface area contributed by atoms with E-state index in [1.54, 1.807) is 6.08 Å². The Morgan fingerprint density at radius 2 is 2.00 bits per heavy atom. The van der Waals surface area contributed by atoms with E-state index < -0.39 is 0 Å². The predicted octanol–water partition coefficient (Wildman–Crippen LogP) is 5.82. The first-order valence-electron chi connectivity index (χ1n) is 11.7. The maximum atomic E-state index is 12.3. The summed E-state index contributed by atoms with van der Waals surface area (Å²) in [7, 11) is 0. The van der Waals surface area contributed by atoms with Gasteiger partial charge in [0.05, 0.1) is 5.60 Å². The zero-order chi connectivity index (χ0) is 20.8. The summed E-state index contributed by atoms with van der Waals surface area (Å²) < 4.78 is 7.07. The molecule has 3 aliphatic carbocycles. The molecule has 0 amide bonds. The average Bonchev–Trinajstić information content (AvgIpc) is 3.28. The van der Waals surface area contributed by atoms with Crippen LogP contribution in [0.25, 0.3) is 10.8 Å². The highest BCUT2D eigenvalue weighted by Crippen LogP contribution is 2.68. The molecule has 156 valence electrons. The molecule has 3 nitrogen and oxygen atoms in total. The minimum atomic E-state index is -0.381. The molecule has 3 heterocycles. The lowest BCUT2D eigenvalue weighted by Gasteiger charge is -2.53. The van der Waals surface area contributed by atoms with Crippen LogP contribution in [0.15, 0.2) is 72.1 Å². The van der Waals surface area contributed by atoms with E-state index in [9.17, 15) is 4.79 Å². The van der Waals surface area contributed by atoms with Gasteiger partial charge in [-0.2, -0.15) is 0 Å². The van der Waals surface area contributed by atoms with Crippen LogP contribution in [-0.4, -0.2) is 22.0 Å². The van der Waals surface area contributed by atoms with Crippen LogP contribution in [-0.2, 0) is 9.53 Å². The summed E-state index contributed by atoms with van der Waals surface area (Å²) >= 11 is 0. The lowest BCUT2D eigenvalue weighted by Crippen LogP contribution is -2.53. The normalized spacial score (nSPS) is 40.2. The van der Waals surface area contributed by atoms with Crippen LogP contribution in [0.5, 0.6) is 0 Å². The Kier molecular flexibility index (Phi) is 3.40. The monoisotopic (exact) mass is 409 g/mol. The summed E-state index contributed by atoms with van der Waals surface area (Å²) in [6.07, 6.45) is 18.4. The number of rotatable bonds is 1. The van der Waals surface area contributed by atoms with Gasteiger partial charge in [-0.1, -0.05) is 37.3 Å². The van der Waals surface area contributed by atoms with E-state index in [1.165, 1.54) is 40.3 Å². The Morgan fingerprint density at radius 1 is 1.06 bits per heavy atom. The van der Waals surface area contributed by atoms with Gasteiger partial charge >= 0.3 is 0 Å². The lowest BCUT2D eigenvalue weighted by molar-refractivity contribution is -0.139. The van der Waals surface area contributed by atoms with Crippen LogP contribution in [0, 0.1) is 11.3 Å². The molecule has 1 saturated heterocycles. The van der Waals surface area contributed by atoms with Crippen LogP contribution in [0.2, 0.25) is 0 Å². The second-order valence-corrected chi connectivity index (χ2v) is 10.6. The molecule has 3 heteroatoms. The number of fused-ring (bicyclic) bond motifs is 2. The number of hydrogen-bond acceptors (Lipinski definition) is 3. The summed E-state index contributed by atoms with van der Waals surface area (Å²) in [6.45, 7) is 2.49. The minimum Gasteiger partial charge on any atom is -0.358 e. The Morgan fingerprint density at radius 3 is 2.94 bits per heavy atom. The third-order valence-electron chi connectivity index (χ3n) is 9.24. The highest BCUT2D eigenvalue weighted by molar-refractivity contribution is 5.93. The van der Waals surface area contributed by atoms with E-state index in [0.29, 0.717) is 18.3 Å². The van der Waals surface area contributed by atoms with Crippen molar-refractivity contribution in [2.45, 2.75) is 62.6 Å². The van der Waals surface area contributed by atoms with Crippen molar-refractivity contribution < 1.29 is 9.53 Å². The molecule has 2 aliphatic heterocycles. The number of nitrogens with zero attached hydrogens (tertiary/aromatic N) is 1. The number of allylic oxidation sites excluding steroid dienone is 2. The van der Waals surface area contributed by atoms with Crippen LogP contribution in [0.3, 0.4) is 0 Å². The summed E-state index contributed by atoms with van der Waals surface area (Å²) in [4.78, 5) is 16.6. The number of hydrogen-bond donors (Lipinski definition) is 0. The summed E-state index contributed by atoms with van der Waals surface area (Å²) in [6, 6.07) is 9.03. The van der Waals surface area contributed by atoms with Gasteiger partial charge in [0.2, 0.25) is 0 Å². The zero-order valence-corrected chi connectivity index (χ0v) is 17.9. The molecular weight excluding hydrogens is 382 g/mol. The van der Waals surface area contributed by atoms with Gasteiger partial charge in [0.15, 0.2) is 5.78 Å². The van der Waals surface area contributed by atoms with E-state index in [0.717, 1.165) is 19.3 Å². The van der Waals surface area contributed by atoms with E-state index in [-0.39, 0.29) is 22.4 Å². The van der Waals surface area contributed by atoms with Gasteiger partial charge < -0.3 is 4.74 Å². The third kappa shape index (κ3) is 2.23. The second kappa shape index (κ2) is 5.83. The molecule has 1 saturated carbocycles. The van der Waals surface area contributed by atoms with Gasteiger partial charge in [0.1, 0.15) is 5.60 Å². The molecule has 2 aromatic rings. The molecule has 31 heavy (non-hydrogen) atoms. The SMILES string of the molecule is C[C@]12CC=C3C=C4C=CC(=O)C[C@]45CC[C@]3(O5)[C@@H]1CC[C@@H]2c1ccc2ccncc2c1. The minimum absolute atomic E-state index is 0.171. The van der Waals surface area contributed by atoms with Crippen LogP contribution in [0.1, 0.15) is 56.9 Å². The van der Waals surface area contributed by atoms with Crippen LogP contribution >= 0.6 is 0 Å². The Labute approximate surface area is 182 Å². The number of benzene rings is 1. The van der Waals surface area contributed by atoms with Gasteiger partial charge in [-0.05, 0) is 89.7 Å². The van der Waals surface area contributed by atoms with Crippen molar-refractivity contribution in [3.63, 3.8) is 0 Å². The smallest absolute Gasteiger partial charge is 0.158 e. The van der Waals surface area contributed by atoms with E-state index in [2.05, 4.69) is 48.3 Å². The molecule has 0 radical (unpaired) electrons. The topological polar surface area (TPSA) is 39.2 Å². The first-order valence-corrected chi connectivity index (χ1v) is 11.7. The maximum absolute atomic E-state index is 12.3. The summed E-state index contributed by atoms with van der Waals surface area (Å²) in [5, 5.41) is 2.48. The van der Waals surface area contributed by atoms with Crippen LogP contribution < -0.4 is 0 Å². The molecule has 2 spiro atoms. The van der Waals surface area contributed by atoms with Crippen LogP contribution in [0.4, 0.5) is 0 Å². The summed E-state index contributed by atoms with van der Waals surface area (Å²) in [5.41, 5.74) is 3.61. The highest BCUT2D eigenvalue weighted by atomic mass is 16.5. The van der Waals surface area contributed by atoms with Gasteiger partial charge in [0.25, 0.3) is 0 Å². The molecule has 5 aliphatic rings. The molecule has 0 unspecified atom stereocenters. The Balaban J connectivity index is 1.32. The average molecular weight is 410 g/mol. The molecule has 2 fully saturated rings. The third-order valence-corrected chi connectivity index (χ3v) is 9.24. The van der Waals surface area contributed by atoms with E-state index >= 15 is 0 Å². The number of pyridine rings is 1. The largest absolute Gasteiger partial charge is 0.358 e. The van der Waals surface area contributed by atoms with E-state index in [4.69, 9.17) is 4.74 Å². The van der Waals surface area contributed by atoms with Crippen molar-refractivity contribution in [3.8, 4) is 0 Å². The molecule has 2 bridgehead atoms. The molecule has 0 N–H and O–H groups in total. The Bertz CT molecular complexity index is 1240. The van der Waals surface area contributed by atoms with Crippen molar-refractivity contribution >= 4 is 16.6 Å². The van der Waals surface area contributed by atoms with Gasteiger partial charge in [-0.3, -0.25) is 9.78 Å². The zero-order valence-electron chi connectivity index (χ0n) is 17.9. The number of ketones is 1. The summed E-state index contributed by atoms with van der Waals surface area (Å²) in [5.74, 6) is 1.22. The fourth-order valence-electron chi connectivity index (χ4n) is 7.78. The highest BCUT2D eigenvalue weighted by Gasteiger charge is 2.66. The van der Waals surface area contributed by atoms with Crippen molar-refractivity contribution in [1.29, 1.82) is 0 Å². The quantitative estimate of drug-likeness (QED) is 0.596. The van der Waals surface area contributed by atoms with Crippen molar-refractivity contribution in [2.24, 2.45) is 11.3 Å². The van der Waals surface area contributed by atoms with Crippen molar-refractivity contribution in [3.05, 3.63) is 77.7 Å².